The molecule has 1 amide bonds. The summed E-state index contributed by atoms with van der Waals surface area (Å²) in [4.78, 5) is 21.4. The van der Waals surface area contributed by atoms with Crippen LogP contribution in [0.25, 0.3) is 11.3 Å². The van der Waals surface area contributed by atoms with Gasteiger partial charge in [0.15, 0.2) is 0 Å². The van der Waals surface area contributed by atoms with Crippen molar-refractivity contribution in [2.75, 3.05) is 42.9 Å². The third kappa shape index (κ3) is 6.94. The van der Waals surface area contributed by atoms with Crippen LogP contribution in [-0.2, 0) is 4.79 Å². The number of hydrogen-bond acceptors (Lipinski definition) is 4. The Morgan fingerprint density at radius 2 is 1.64 bits per heavy atom. The zero-order valence-electron chi connectivity index (χ0n) is 18.5. The highest BCUT2D eigenvalue weighted by Gasteiger charge is 2.17. The van der Waals surface area contributed by atoms with Crippen molar-refractivity contribution in [3.05, 3.63) is 76.9 Å². The van der Waals surface area contributed by atoms with Gasteiger partial charge in [0, 0.05) is 65.8 Å². The van der Waals surface area contributed by atoms with E-state index in [1.807, 2.05) is 54.6 Å². The zero-order chi connectivity index (χ0) is 23.0. The lowest BCUT2D eigenvalue weighted by molar-refractivity contribution is -0.116. The highest BCUT2D eigenvalue weighted by Crippen LogP contribution is 2.26. The number of nitrogens with one attached hydrogen (secondary N) is 1. The van der Waals surface area contributed by atoms with Gasteiger partial charge in [-0.3, -0.25) is 14.7 Å². The van der Waals surface area contributed by atoms with Gasteiger partial charge >= 0.3 is 0 Å². The number of halogens is 2. The summed E-state index contributed by atoms with van der Waals surface area (Å²) >= 11 is 12.3. The maximum atomic E-state index is 12.3. The second kappa shape index (κ2) is 11.5. The van der Waals surface area contributed by atoms with Gasteiger partial charge in [-0.05, 0) is 61.9 Å². The van der Waals surface area contributed by atoms with E-state index in [1.54, 1.807) is 12.3 Å². The van der Waals surface area contributed by atoms with Gasteiger partial charge in [-0.1, -0.05) is 41.4 Å². The van der Waals surface area contributed by atoms with Crippen LogP contribution in [-0.4, -0.2) is 48.5 Å². The topological polar surface area (TPSA) is 48.5 Å². The van der Waals surface area contributed by atoms with Crippen molar-refractivity contribution in [2.45, 2.75) is 19.3 Å². The van der Waals surface area contributed by atoms with Crippen LogP contribution < -0.4 is 10.2 Å². The van der Waals surface area contributed by atoms with Gasteiger partial charge in [0.2, 0.25) is 5.91 Å². The van der Waals surface area contributed by atoms with Crippen LogP contribution in [0, 0.1) is 0 Å². The van der Waals surface area contributed by atoms with E-state index in [2.05, 4.69) is 20.1 Å². The molecule has 0 saturated carbocycles. The number of carbonyl (C=O) groups excluding carboxylic acids is 1. The van der Waals surface area contributed by atoms with Crippen molar-refractivity contribution < 1.29 is 4.79 Å². The number of amides is 1. The first-order chi connectivity index (χ1) is 16.1. The summed E-state index contributed by atoms with van der Waals surface area (Å²) in [6.07, 6.45) is 4.19. The molecule has 4 rings (SSSR count). The average Bonchev–Trinajstić information content (AvgIpc) is 2.83. The molecule has 0 atom stereocenters. The SMILES string of the molecule is O=C(CCCCN1CCN(c2cc(Cl)cc(Cl)c2)CC1)Nc1ccc(-c2ccccn2)cc1. The molecule has 3 aromatic rings. The number of unbranched alkanes of at least 4 members (excludes halogenated alkanes) is 1. The minimum Gasteiger partial charge on any atom is -0.369 e. The number of aromatic nitrogens is 1. The normalized spacial score (nSPS) is 14.3. The molecule has 1 saturated heterocycles. The monoisotopic (exact) mass is 482 g/mol. The van der Waals surface area contributed by atoms with Crippen LogP contribution in [0.1, 0.15) is 19.3 Å². The van der Waals surface area contributed by atoms with E-state index in [9.17, 15) is 4.79 Å². The molecule has 0 spiro atoms. The summed E-state index contributed by atoms with van der Waals surface area (Å²) in [6, 6.07) is 19.3. The molecule has 0 radical (unpaired) electrons. The van der Waals surface area contributed by atoms with Crippen LogP contribution in [0.5, 0.6) is 0 Å². The van der Waals surface area contributed by atoms with Gasteiger partial charge in [-0.25, -0.2) is 0 Å². The van der Waals surface area contributed by atoms with Crippen molar-refractivity contribution in [3.63, 3.8) is 0 Å². The average molecular weight is 483 g/mol. The first-order valence-corrected chi connectivity index (χ1v) is 12.1. The fourth-order valence-corrected chi connectivity index (χ4v) is 4.57. The van der Waals surface area contributed by atoms with E-state index in [0.717, 1.165) is 68.2 Å². The Labute approximate surface area is 205 Å². The number of piperazine rings is 1. The molecule has 1 fully saturated rings. The lowest BCUT2D eigenvalue weighted by atomic mass is 10.1. The van der Waals surface area contributed by atoms with E-state index in [4.69, 9.17) is 23.2 Å². The molecule has 5 nitrogen and oxygen atoms in total. The fourth-order valence-electron chi connectivity index (χ4n) is 4.05. The first kappa shape index (κ1) is 23.6. The third-order valence-electron chi connectivity index (χ3n) is 5.84. The number of benzene rings is 2. The maximum Gasteiger partial charge on any atom is 0.224 e. The second-order valence-corrected chi connectivity index (χ2v) is 9.13. The van der Waals surface area contributed by atoms with Crippen LogP contribution in [0.15, 0.2) is 66.9 Å². The molecule has 1 N–H and O–H groups in total. The lowest BCUT2D eigenvalue weighted by Gasteiger charge is -2.36. The van der Waals surface area contributed by atoms with E-state index in [0.29, 0.717) is 16.5 Å². The number of pyridine rings is 1. The van der Waals surface area contributed by atoms with Crippen LogP contribution in [0.4, 0.5) is 11.4 Å². The van der Waals surface area contributed by atoms with E-state index in [-0.39, 0.29) is 5.91 Å². The van der Waals surface area contributed by atoms with Crippen molar-refractivity contribution in [3.8, 4) is 11.3 Å². The summed E-state index contributed by atoms with van der Waals surface area (Å²) in [5.41, 5.74) is 3.86. The molecule has 2 aromatic carbocycles. The molecule has 33 heavy (non-hydrogen) atoms. The van der Waals surface area contributed by atoms with Crippen molar-refractivity contribution in [1.29, 1.82) is 0 Å². The van der Waals surface area contributed by atoms with Crippen molar-refractivity contribution >= 4 is 40.5 Å². The van der Waals surface area contributed by atoms with Crippen molar-refractivity contribution in [2.24, 2.45) is 0 Å². The molecule has 172 valence electrons. The van der Waals surface area contributed by atoms with Gasteiger partial charge in [0.1, 0.15) is 0 Å². The summed E-state index contributed by atoms with van der Waals surface area (Å²) in [7, 11) is 0. The Kier molecular flexibility index (Phi) is 8.21. The van der Waals surface area contributed by atoms with Gasteiger partial charge in [-0.2, -0.15) is 0 Å². The highest BCUT2D eigenvalue weighted by molar-refractivity contribution is 6.35. The largest absolute Gasteiger partial charge is 0.369 e. The number of hydrogen-bond donors (Lipinski definition) is 1. The third-order valence-corrected chi connectivity index (χ3v) is 6.28. The van der Waals surface area contributed by atoms with Gasteiger partial charge < -0.3 is 10.2 Å². The highest BCUT2D eigenvalue weighted by atomic mass is 35.5. The van der Waals surface area contributed by atoms with Crippen molar-refractivity contribution in [1.82, 2.24) is 9.88 Å². The standard InChI is InChI=1S/C26H28Cl2N4O/c27-21-17-22(28)19-24(18-21)32-15-13-31(14-16-32)12-4-2-6-26(33)30-23-9-7-20(8-10-23)25-5-1-3-11-29-25/h1,3,5,7-11,17-19H,2,4,6,12-16H2,(H,30,33). The predicted octanol–water partition coefficient (Wildman–Crippen LogP) is 5.99. The lowest BCUT2D eigenvalue weighted by Crippen LogP contribution is -2.46. The fraction of sp³-hybridized carbons (Fsp3) is 0.308. The van der Waals surface area contributed by atoms with Gasteiger partial charge in [0.05, 0.1) is 5.69 Å². The van der Waals surface area contributed by atoms with Gasteiger partial charge in [0.25, 0.3) is 0 Å². The maximum absolute atomic E-state index is 12.3. The summed E-state index contributed by atoms with van der Waals surface area (Å²) in [6.45, 7) is 4.91. The summed E-state index contributed by atoms with van der Waals surface area (Å²) < 4.78 is 0. The number of nitrogens with zero attached hydrogens (tertiary/aromatic N) is 3. The Morgan fingerprint density at radius 3 is 2.30 bits per heavy atom. The molecule has 1 aromatic heterocycles. The predicted molar refractivity (Wildman–Crippen MR) is 137 cm³/mol. The minimum atomic E-state index is 0.0586. The molecule has 0 bridgehead atoms. The Balaban J connectivity index is 1.14. The number of carbonyl (C=O) groups is 1. The Morgan fingerprint density at radius 1 is 0.909 bits per heavy atom. The van der Waals surface area contributed by atoms with E-state index in [1.165, 1.54) is 0 Å². The van der Waals surface area contributed by atoms with E-state index < -0.39 is 0 Å². The molecular weight excluding hydrogens is 455 g/mol. The zero-order valence-corrected chi connectivity index (χ0v) is 20.0. The molecule has 2 heterocycles. The molecular formula is C26H28Cl2N4O. The molecule has 1 aliphatic rings. The Bertz CT molecular complexity index is 1030. The van der Waals surface area contributed by atoms with Gasteiger partial charge in [-0.15, -0.1) is 0 Å². The summed E-state index contributed by atoms with van der Waals surface area (Å²) in [5, 5.41) is 4.33. The van der Waals surface area contributed by atoms with Crippen LogP contribution in [0.3, 0.4) is 0 Å². The first-order valence-electron chi connectivity index (χ1n) is 11.3. The van der Waals surface area contributed by atoms with E-state index >= 15 is 0 Å². The molecule has 7 heteroatoms. The van der Waals surface area contributed by atoms with Crippen LogP contribution >= 0.6 is 23.2 Å². The second-order valence-electron chi connectivity index (χ2n) is 8.25. The quantitative estimate of drug-likeness (QED) is 0.400. The Hall–Kier alpha value is -2.60. The molecule has 1 aliphatic heterocycles. The minimum absolute atomic E-state index is 0.0586. The molecule has 0 aliphatic carbocycles. The van der Waals surface area contributed by atoms with Crippen LogP contribution in [0.2, 0.25) is 10.0 Å². The smallest absolute Gasteiger partial charge is 0.224 e. The number of rotatable bonds is 8. The molecule has 0 unspecified atom stereocenters. The number of anilines is 2. The summed E-state index contributed by atoms with van der Waals surface area (Å²) in [5.74, 6) is 0.0586.